The maximum atomic E-state index is 12.4. The monoisotopic (exact) mass is 315 g/mol. The normalized spacial score (nSPS) is 14.1. The molecule has 0 saturated heterocycles. The van der Waals surface area contributed by atoms with E-state index in [2.05, 4.69) is 0 Å². The van der Waals surface area contributed by atoms with Crippen molar-refractivity contribution in [2.45, 2.75) is 12.8 Å². The van der Waals surface area contributed by atoms with E-state index in [1.165, 1.54) is 10.5 Å². The third kappa shape index (κ3) is 4.09. The van der Waals surface area contributed by atoms with E-state index in [1.54, 1.807) is 6.20 Å². The largest absolute Gasteiger partial charge is 0.395 e. The Morgan fingerprint density at radius 2 is 2.00 bits per heavy atom. The van der Waals surface area contributed by atoms with Gasteiger partial charge in [0.15, 0.2) is 0 Å². The van der Waals surface area contributed by atoms with Crippen LogP contribution < -0.4 is 4.90 Å². The summed E-state index contributed by atoms with van der Waals surface area (Å²) in [6.07, 6.45) is 3.51. The Hall–Kier alpha value is -2.36. The van der Waals surface area contributed by atoms with E-state index < -0.39 is 5.91 Å². The first-order valence-corrected chi connectivity index (χ1v) is 7.68. The second-order valence-corrected chi connectivity index (χ2v) is 5.32. The van der Waals surface area contributed by atoms with Crippen LogP contribution in [0.5, 0.6) is 0 Å². The zero-order chi connectivity index (χ0) is 16.7. The van der Waals surface area contributed by atoms with E-state index in [9.17, 15) is 10.1 Å². The Balaban J connectivity index is 2.25. The van der Waals surface area contributed by atoms with Crippen molar-refractivity contribution in [1.82, 2.24) is 4.90 Å². The highest BCUT2D eigenvalue weighted by Crippen LogP contribution is 2.27. The first-order chi connectivity index (χ1) is 11.2. The molecule has 0 radical (unpaired) electrons. The Labute approximate surface area is 135 Å². The van der Waals surface area contributed by atoms with Gasteiger partial charge < -0.3 is 20.0 Å². The zero-order valence-electron chi connectivity index (χ0n) is 13.0. The standard InChI is InChI=1S/C17H21N3O3/c18-12-15(17(23)19(8-10-21)9-11-22)13-20-7-3-5-14-4-1-2-6-16(14)20/h1-2,4,6,13,21-22H,3,5,7-11H2/b15-13-. The van der Waals surface area contributed by atoms with Gasteiger partial charge in [0.2, 0.25) is 0 Å². The molecule has 1 amide bonds. The molecule has 0 fully saturated rings. The molecule has 1 heterocycles. The lowest BCUT2D eigenvalue weighted by Crippen LogP contribution is -2.37. The lowest BCUT2D eigenvalue weighted by molar-refractivity contribution is -0.127. The van der Waals surface area contributed by atoms with Crippen molar-refractivity contribution < 1.29 is 15.0 Å². The van der Waals surface area contributed by atoms with Crippen molar-refractivity contribution in [3.8, 4) is 6.07 Å². The van der Waals surface area contributed by atoms with Gasteiger partial charge in [-0.3, -0.25) is 4.79 Å². The molecule has 1 aliphatic rings. The van der Waals surface area contributed by atoms with Gasteiger partial charge in [0, 0.05) is 31.5 Å². The average Bonchev–Trinajstić information content (AvgIpc) is 2.59. The highest BCUT2D eigenvalue weighted by Gasteiger charge is 2.21. The number of benzene rings is 1. The summed E-state index contributed by atoms with van der Waals surface area (Å²) in [5.74, 6) is -0.473. The summed E-state index contributed by atoms with van der Waals surface area (Å²) in [4.78, 5) is 15.6. The molecule has 6 heteroatoms. The zero-order valence-corrected chi connectivity index (χ0v) is 13.0. The fraction of sp³-hybridized carbons (Fsp3) is 0.412. The average molecular weight is 315 g/mol. The molecule has 1 aliphatic heterocycles. The molecule has 2 N–H and O–H groups in total. The first-order valence-electron chi connectivity index (χ1n) is 7.68. The van der Waals surface area contributed by atoms with Gasteiger partial charge in [-0.2, -0.15) is 5.26 Å². The van der Waals surface area contributed by atoms with Gasteiger partial charge in [-0.15, -0.1) is 0 Å². The molecule has 0 atom stereocenters. The van der Waals surface area contributed by atoms with E-state index >= 15 is 0 Å². The van der Waals surface area contributed by atoms with Crippen LogP contribution in [0.4, 0.5) is 5.69 Å². The van der Waals surface area contributed by atoms with E-state index in [0.717, 1.165) is 25.1 Å². The number of amides is 1. The summed E-state index contributed by atoms with van der Waals surface area (Å²) < 4.78 is 0. The Bertz CT molecular complexity index is 616. The van der Waals surface area contributed by atoms with Crippen molar-refractivity contribution in [3.05, 3.63) is 41.6 Å². The number of aliphatic hydroxyl groups is 2. The van der Waals surface area contributed by atoms with E-state index in [0.29, 0.717) is 0 Å². The number of hydrogen-bond acceptors (Lipinski definition) is 5. The maximum absolute atomic E-state index is 12.4. The number of anilines is 1. The Morgan fingerprint density at radius 1 is 1.30 bits per heavy atom. The van der Waals surface area contributed by atoms with Gasteiger partial charge >= 0.3 is 0 Å². The molecule has 0 unspecified atom stereocenters. The van der Waals surface area contributed by atoms with Crippen LogP contribution in [0.3, 0.4) is 0 Å². The molecule has 0 aliphatic carbocycles. The minimum absolute atomic E-state index is 0.00334. The second kappa shape index (κ2) is 8.32. The minimum atomic E-state index is -0.473. The number of fused-ring (bicyclic) bond motifs is 1. The van der Waals surface area contributed by atoms with Gasteiger partial charge in [-0.25, -0.2) is 0 Å². The molecule has 0 aromatic heterocycles. The smallest absolute Gasteiger partial charge is 0.266 e. The van der Waals surface area contributed by atoms with Crippen molar-refractivity contribution >= 4 is 11.6 Å². The molecule has 2 rings (SSSR count). The summed E-state index contributed by atoms with van der Waals surface area (Å²) in [6.45, 7) is 0.507. The van der Waals surface area contributed by atoms with E-state index in [4.69, 9.17) is 10.2 Å². The molecule has 1 aromatic rings. The number of carbonyl (C=O) groups is 1. The van der Waals surface area contributed by atoms with Gasteiger partial charge in [-0.1, -0.05) is 18.2 Å². The van der Waals surface area contributed by atoms with Crippen molar-refractivity contribution in [3.63, 3.8) is 0 Å². The Kier molecular flexibility index (Phi) is 6.15. The summed E-state index contributed by atoms with van der Waals surface area (Å²) in [6, 6.07) is 9.88. The second-order valence-electron chi connectivity index (χ2n) is 5.32. The lowest BCUT2D eigenvalue weighted by atomic mass is 10.0. The topological polar surface area (TPSA) is 87.8 Å². The fourth-order valence-corrected chi connectivity index (χ4v) is 2.71. The Morgan fingerprint density at radius 3 is 2.65 bits per heavy atom. The van der Waals surface area contributed by atoms with Crippen LogP contribution in [0.2, 0.25) is 0 Å². The highest BCUT2D eigenvalue weighted by atomic mass is 16.3. The van der Waals surface area contributed by atoms with Crippen LogP contribution >= 0.6 is 0 Å². The van der Waals surface area contributed by atoms with Gasteiger partial charge in [-0.05, 0) is 24.5 Å². The molecule has 1 aromatic carbocycles. The summed E-state index contributed by atoms with van der Waals surface area (Å²) in [7, 11) is 0. The van der Waals surface area contributed by atoms with E-state index in [1.807, 2.05) is 35.2 Å². The molecule has 122 valence electrons. The van der Waals surface area contributed by atoms with Crippen molar-refractivity contribution in [2.75, 3.05) is 37.7 Å². The van der Waals surface area contributed by atoms with Crippen LogP contribution in [0.25, 0.3) is 0 Å². The number of aliphatic hydroxyl groups excluding tert-OH is 2. The molecule has 0 saturated carbocycles. The van der Waals surface area contributed by atoms with Crippen LogP contribution in [0.1, 0.15) is 12.0 Å². The van der Waals surface area contributed by atoms with Crippen LogP contribution in [-0.2, 0) is 11.2 Å². The number of rotatable bonds is 6. The van der Waals surface area contributed by atoms with E-state index in [-0.39, 0.29) is 31.9 Å². The third-order valence-corrected chi connectivity index (χ3v) is 3.81. The number of carbonyl (C=O) groups excluding carboxylic acids is 1. The van der Waals surface area contributed by atoms with Gasteiger partial charge in [0.05, 0.1) is 13.2 Å². The number of hydrogen-bond donors (Lipinski definition) is 2. The summed E-state index contributed by atoms with van der Waals surface area (Å²) in [5.41, 5.74) is 2.21. The molecule has 6 nitrogen and oxygen atoms in total. The molecular weight excluding hydrogens is 294 g/mol. The number of nitrogens with zero attached hydrogens (tertiary/aromatic N) is 3. The van der Waals surface area contributed by atoms with Crippen LogP contribution in [0.15, 0.2) is 36.0 Å². The van der Waals surface area contributed by atoms with Crippen molar-refractivity contribution in [1.29, 1.82) is 5.26 Å². The molecule has 23 heavy (non-hydrogen) atoms. The van der Waals surface area contributed by atoms with Crippen LogP contribution in [0, 0.1) is 11.3 Å². The molecular formula is C17H21N3O3. The first kappa shape index (κ1) is 17.0. The minimum Gasteiger partial charge on any atom is -0.395 e. The molecule has 0 spiro atoms. The van der Waals surface area contributed by atoms with Crippen molar-refractivity contribution in [2.24, 2.45) is 0 Å². The summed E-state index contributed by atoms with van der Waals surface area (Å²) in [5, 5.41) is 27.4. The lowest BCUT2D eigenvalue weighted by Gasteiger charge is -2.29. The quantitative estimate of drug-likeness (QED) is 0.595. The van der Waals surface area contributed by atoms with Crippen LogP contribution in [-0.4, -0.2) is 53.9 Å². The SMILES string of the molecule is N#C/C(=C/N1CCCc2ccccc21)C(=O)N(CCO)CCO. The maximum Gasteiger partial charge on any atom is 0.266 e. The van der Waals surface area contributed by atoms with Gasteiger partial charge in [0.1, 0.15) is 11.6 Å². The predicted molar refractivity (Wildman–Crippen MR) is 86.6 cm³/mol. The fourth-order valence-electron chi connectivity index (χ4n) is 2.71. The molecule has 0 bridgehead atoms. The van der Waals surface area contributed by atoms with Gasteiger partial charge in [0.25, 0.3) is 5.91 Å². The predicted octanol–water partition coefficient (Wildman–Crippen LogP) is 0.660. The highest BCUT2D eigenvalue weighted by molar-refractivity contribution is 5.97. The number of aryl methyl sites for hydroxylation is 1. The summed E-state index contributed by atoms with van der Waals surface area (Å²) >= 11 is 0. The number of para-hydroxylation sites is 1. The number of nitriles is 1. The third-order valence-electron chi connectivity index (χ3n) is 3.81.